The van der Waals surface area contributed by atoms with E-state index in [2.05, 4.69) is 25.7 Å². The monoisotopic (exact) mass is 214 g/mol. The van der Waals surface area contributed by atoms with Crippen LogP contribution in [0.4, 0.5) is 0 Å². The van der Waals surface area contributed by atoms with Crippen LogP contribution in [0.25, 0.3) is 0 Å². The average Bonchev–Trinajstić information content (AvgIpc) is 2.18. The summed E-state index contributed by atoms with van der Waals surface area (Å²) in [5, 5.41) is 0. The highest BCUT2D eigenvalue weighted by molar-refractivity contribution is 4.89. The van der Waals surface area contributed by atoms with Crippen molar-refractivity contribution in [2.24, 2.45) is 11.7 Å². The molecule has 1 fully saturated rings. The Labute approximate surface area is 94.0 Å². The largest absolute Gasteiger partial charge is 0.377 e. The summed E-state index contributed by atoms with van der Waals surface area (Å²) in [6.45, 7) is 9.62. The number of nitrogens with zero attached hydrogens (tertiary/aromatic N) is 1. The van der Waals surface area contributed by atoms with E-state index in [-0.39, 0.29) is 5.60 Å². The molecule has 1 heterocycles. The Morgan fingerprint density at radius 2 is 2.13 bits per heavy atom. The molecule has 2 unspecified atom stereocenters. The molecule has 1 rings (SSSR count). The molecule has 0 aliphatic carbocycles. The average molecular weight is 214 g/mol. The Kier molecular flexibility index (Phi) is 4.56. The number of piperidine rings is 1. The Balaban J connectivity index is 2.62. The van der Waals surface area contributed by atoms with Gasteiger partial charge in [-0.05, 0) is 32.2 Å². The first kappa shape index (κ1) is 12.9. The van der Waals surface area contributed by atoms with E-state index in [1.807, 2.05) is 7.11 Å². The number of rotatable bonds is 4. The minimum atomic E-state index is 0.0283. The SMILES string of the molecule is COC1(C)CCCN(C(CN)C(C)C)C1. The first-order valence-corrected chi connectivity index (χ1v) is 6.01. The van der Waals surface area contributed by atoms with Gasteiger partial charge in [0.2, 0.25) is 0 Å². The van der Waals surface area contributed by atoms with Crippen LogP contribution < -0.4 is 5.73 Å². The molecule has 0 aromatic carbocycles. The Bertz CT molecular complexity index is 196. The van der Waals surface area contributed by atoms with Crippen LogP contribution in [-0.4, -0.2) is 43.3 Å². The highest BCUT2D eigenvalue weighted by Gasteiger charge is 2.34. The molecule has 0 aromatic rings. The van der Waals surface area contributed by atoms with Gasteiger partial charge in [-0.25, -0.2) is 0 Å². The van der Waals surface area contributed by atoms with Gasteiger partial charge in [-0.2, -0.15) is 0 Å². The predicted molar refractivity (Wildman–Crippen MR) is 63.9 cm³/mol. The van der Waals surface area contributed by atoms with Gasteiger partial charge in [0.15, 0.2) is 0 Å². The third-order valence-corrected chi connectivity index (χ3v) is 3.66. The maximum Gasteiger partial charge on any atom is 0.0777 e. The second kappa shape index (κ2) is 5.28. The van der Waals surface area contributed by atoms with Crippen molar-refractivity contribution in [3.05, 3.63) is 0 Å². The zero-order valence-corrected chi connectivity index (χ0v) is 10.6. The molecular weight excluding hydrogens is 188 g/mol. The Morgan fingerprint density at radius 3 is 2.60 bits per heavy atom. The number of hydrogen-bond acceptors (Lipinski definition) is 3. The predicted octanol–water partition coefficient (Wildman–Crippen LogP) is 1.47. The fourth-order valence-corrected chi connectivity index (χ4v) is 2.54. The maximum atomic E-state index is 5.85. The number of methoxy groups -OCH3 is 1. The molecule has 0 radical (unpaired) electrons. The molecule has 0 spiro atoms. The maximum absolute atomic E-state index is 5.85. The van der Waals surface area contributed by atoms with Gasteiger partial charge in [0.25, 0.3) is 0 Å². The molecule has 3 nitrogen and oxygen atoms in total. The number of nitrogens with two attached hydrogens (primary N) is 1. The van der Waals surface area contributed by atoms with E-state index in [9.17, 15) is 0 Å². The number of likely N-dealkylation sites (tertiary alicyclic amines) is 1. The van der Waals surface area contributed by atoms with Crippen molar-refractivity contribution in [1.82, 2.24) is 4.90 Å². The van der Waals surface area contributed by atoms with E-state index in [1.54, 1.807) is 0 Å². The molecular formula is C12H26N2O. The highest BCUT2D eigenvalue weighted by Crippen LogP contribution is 2.26. The Hall–Kier alpha value is -0.120. The zero-order valence-electron chi connectivity index (χ0n) is 10.6. The molecule has 3 heteroatoms. The molecule has 0 saturated carbocycles. The van der Waals surface area contributed by atoms with Gasteiger partial charge in [-0.15, -0.1) is 0 Å². The van der Waals surface area contributed by atoms with E-state index in [0.717, 1.165) is 19.5 Å². The summed E-state index contributed by atoms with van der Waals surface area (Å²) in [6, 6.07) is 0.500. The molecule has 1 aliphatic rings. The summed E-state index contributed by atoms with van der Waals surface area (Å²) in [6.07, 6.45) is 2.38. The van der Waals surface area contributed by atoms with Crippen LogP contribution in [0.1, 0.15) is 33.6 Å². The summed E-state index contributed by atoms with van der Waals surface area (Å²) < 4.78 is 5.60. The van der Waals surface area contributed by atoms with Gasteiger partial charge < -0.3 is 10.5 Å². The van der Waals surface area contributed by atoms with E-state index < -0.39 is 0 Å². The van der Waals surface area contributed by atoms with Crippen LogP contribution in [0.3, 0.4) is 0 Å². The second-order valence-electron chi connectivity index (χ2n) is 5.28. The minimum absolute atomic E-state index is 0.0283. The van der Waals surface area contributed by atoms with Crippen molar-refractivity contribution in [1.29, 1.82) is 0 Å². The van der Waals surface area contributed by atoms with Crippen molar-refractivity contribution >= 4 is 0 Å². The summed E-state index contributed by atoms with van der Waals surface area (Å²) in [7, 11) is 1.82. The molecule has 15 heavy (non-hydrogen) atoms. The fourth-order valence-electron chi connectivity index (χ4n) is 2.54. The molecule has 1 saturated heterocycles. The zero-order chi connectivity index (χ0) is 11.5. The van der Waals surface area contributed by atoms with Crippen LogP contribution in [0.15, 0.2) is 0 Å². The van der Waals surface area contributed by atoms with Crippen LogP contribution in [0.2, 0.25) is 0 Å². The van der Waals surface area contributed by atoms with E-state index in [4.69, 9.17) is 10.5 Å². The molecule has 0 aromatic heterocycles. The molecule has 2 N–H and O–H groups in total. The van der Waals surface area contributed by atoms with Crippen LogP contribution in [0, 0.1) is 5.92 Å². The molecule has 2 atom stereocenters. The lowest BCUT2D eigenvalue weighted by atomic mass is 9.91. The van der Waals surface area contributed by atoms with E-state index in [0.29, 0.717) is 12.0 Å². The van der Waals surface area contributed by atoms with Gasteiger partial charge >= 0.3 is 0 Å². The molecule has 0 amide bonds. The van der Waals surface area contributed by atoms with Gasteiger partial charge in [0.1, 0.15) is 0 Å². The fraction of sp³-hybridized carbons (Fsp3) is 1.00. The second-order valence-corrected chi connectivity index (χ2v) is 5.28. The van der Waals surface area contributed by atoms with Crippen molar-refractivity contribution in [2.45, 2.75) is 45.3 Å². The van der Waals surface area contributed by atoms with Crippen LogP contribution >= 0.6 is 0 Å². The van der Waals surface area contributed by atoms with Gasteiger partial charge in [0.05, 0.1) is 5.60 Å². The number of ether oxygens (including phenoxy) is 1. The third-order valence-electron chi connectivity index (χ3n) is 3.66. The summed E-state index contributed by atoms with van der Waals surface area (Å²) >= 11 is 0. The highest BCUT2D eigenvalue weighted by atomic mass is 16.5. The molecule has 1 aliphatic heterocycles. The first-order chi connectivity index (χ1) is 7.02. The van der Waals surface area contributed by atoms with Gasteiger partial charge in [-0.1, -0.05) is 13.8 Å². The summed E-state index contributed by atoms with van der Waals surface area (Å²) in [4.78, 5) is 2.50. The van der Waals surface area contributed by atoms with E-state index >= 15 is 0 Å². The van der Waals surface area contributed by atoms with Gasteiger partial charge in [-0.3, -0.25) is 4.90 Å². The minimum Gasteiger partial charge on any atom is -0.377 e. The lowest BCUT2D eigenvalue weighted by molar-refractivity contribution is -0.0647. The standard InChI is InChI=1S/C12H26N2O/c1-10(2)11(8-13)14-7-5-6-12(3,9-14)15-4/h10-11H,5-9,13H2,1-4H3. The third kappa shape index (κ3) is 3.16. The summed E-state index contributed by atoms with van der Waals surface area (Å²) in [5.41, 5.74) is 5.88. The molecule has 0 bridgehead atoms. The Morgan fingerprint density at radius 1 is 1.47 bits per heavy atom. The molecule has 90 valence electrons. The lowest BCUT2D eigenvalue weighted by Crippen LogP contribution is -2.54. The number of hydrogen-bond donors (Lipinski definition) is 1. The normalized spacial score (nSPS) is 30.8. The topological polar surface area (TPSA) is 38.5 Å². The van der Waals surface area contributed by atoms with Crippen LogP contribution in [-0.2, 0) is 4.74 Å². The summed E-state index contributed by atoms with van der Waals surface area (Å²) in [5.74, 6) is 0.620. The quantitative estimate of drug-likeness (QED) is 0.770. The lowest BCUT2D eigenvalue weighted by Gasteiger charge is -2.44. The smallest absolute Gasteiger partial charge is 0.0777 e. The van der Waals surface area contributed by atoms with Crippen molar-refractivity contribution in [3.8, 4) is 0 Å². The van der Waals surface area contributed by atoms with E-state index in [1.165, 1.54) is 13.0 Å². The van der Waals surface area contributed by atoms with Crippen molar-refractivity contribution < 1.29 is 4.74 Å². The van der Waals surface area contributed by atoms with Gasteiger partial charge in [0, 0.05) is 26.2 Å². The van der Waals surface area contributed by atoms with Crippen molar-refractivity contribution in [2.75, 3.05) is 26.7 Å². The van der Waals surface area contributed by atoms with Crippen molar-refractivity contribution in [3.63, 3.8) is 0 Å². The van der Waals surface area contributed by atoms with Crippen LogP contribution in [0.5, 0.6) is 0 Å². The first-order valence-electron chi connectivity index (χ1n) is 6.01.